The van der Waals surface area contributed by atoms with Crippen molar-refractivity contribution in [1.82, 2.24) is 19.1 Å². The Bertz CT molecular complexity index is 1290. The molecule has 2 unspecified atom stereocenters. The topological polar surface area (TPSA) is 253 Å². The molecular weight excluding hydrogens is 504 g/mol. The number of aliphatic hydroxyl groups excluding tert-OH is 2. The minimum Gasteiger partial charge on any atom is -0.387 e. The zero-order valence-corrected chi connectivity index (χ0v) is 18.9. The van der Waals surface area contributed by atoms with Gasteiger partial charge in [-0.2, -0.15) is 4.31 Å². The lowest BCUT2D eigenvalue weighted by atomic mass is 10.1. The summed E-state index contributed by atoms with van der Waals surface area (Å²) in [6.07, 6.45) is -4.88. The Morgan fingerprint density at radius 2 is 1.91 bits per heavy atom. The Hall–Kier alpha value is -2.20. The van der Waals surface area contributed by atoms with Gasteiger partial charge in [-0.25, -0.2) is 19.1 Å². The number of phosphoric acid groups is 2. The maximum Gasteiger partial charge on any atom is 0.481 e. The highest BCUT2D eigenvalue weighted by Gasteiger charge is 2.46. The minimum atomic E-state index is -5.15. The molecule has 1 fully saturated rings. The van der Waals surface area contributed by atoms with Crippen LogP contribution in [0.4, 0.5) is 5.95 Å². The molecule has 2 aromatic heterocycles. The Morgan fingerprint density at radius 1 is 1.18 bits per heavy atom. The van der Waals surface area contributed by atoms with Crippen LogP contribution in [-0.2, 0) is 33.8 Å². The summed E-state index contributed by atoms with van der Waals surface area (Å²) in [6, 6.07) is 0. The Kier molecular flexibility index (Phi) is 6.92. The number of fused-ring (bicyclic) bond motifs is 10. The van der Waals surface area contributed by atoms with E-state index in [1.165, 1.54) is 4.57 Å². The second-order valence-corrected chi connectivity index (χ2v) is 10.3. The standard InChI is InChI=1S/C14H19N7O11P2/c15-19-18-14-17-8-11-16-6-21(12(8)24)13-10(23)9(22)7(31-13)5-30-34(27,28)32-33(25,26)29-4-2-1-3-20(11)14/h6-7,9-10,13,22-23H,1-5H2,(H,25,26)(H,27,28)/t7-,9-,10-,13-/m1/s1. The van der Waals surface area contributed by atoms with Gasteiger partial charge in [-0.3, -0.25) is 18.4 Å². The van der Waals surface area contributed by atoms with Gasteiger partial charge in [0, 0.05) is 11.5 Å². The van der Waals surface area contributed by atoms with Crippen molar-refractivity contribution in [2.45, 2.75) is 43.9 Å². The van der Waals surface area contributed by atoms with Gasteiger partial charge >= 0.3 is 15.6 Å². The average Bonchev–Trinajstić information content (AvgIpc) is 3.24. The summed E-state index contributed by atoms with van der Waals surface area (Å²) in [4.78, 5) is 43.3. The summed E-state index contributed by atoms with van der Waals surface area (Å²) in [5.41, 5.74) is 7.91. The van der Waals surface area contributed by atoms with Crippen LogP contribution in [-0.4, -0.2) is 70.6 Å². The van der Waals surface area contributed by atoms with E-state index in [0.717, 1.165) is 10.9 Å². The van der Waals surface area contributed by atoms with Gasteiger partial charge < -0.3 is 29.3 Å². The molecule has 0 spiro atoms. The van der Waals surface area contributed by atoms with E-state index in [9.17, 15) is 33.9 Å². The van der Waals surface area contributed by atoms with E-state index in [4.69, 9.17) is 10.3 Å². The SMILES string of the molecule is [N-]=[N+]=Nc1nc2c(=O)n3cnc2n1CCCCOP(=O)(O)OP(=O)(O)OC[C@H]1O[C@@H]3[C@H](O)[C@@H]1O. The van der Waals surface area contributed by atoms with E-state index in [2.05, 4.69) is 33.4 Å². The average molecular weight is 523 g/mol. The van der Waals surface area contributed by atoms with Crippen LogP contribution in [0, 0.1) is 0 Å². The van der Waals surface area contributed by atoms with Crippen LogP contribution in [0.15, 0.2) is 16.2 Å². The third-order valence-electron chi connectivity index (χ3n) is 5.05. The van der Waals surface area contributed by atoms with Gasteiger partial charge in [0.05, 0.1) is 13.2 Å². The van der Waals surface area contributed by atoms with Gasteiger partial charge in [0.2, 0.25) is 0 Å². The first-order valence-electron chi connectivity index (χ1n) is 9.73. The Labute approximate surface area is 189 Å². The van der Waals surface area contributed by atoms with Gasteiger partial charge in [-0.05, 0) is 23.5 Å². The molecule has 6 bridgehead atoms. The van der Waals surface area contributed by atoms with Gasteiger partial charge in [-0.1, -0.05) is 0 Å². The first kappa shape index (κ1) is 24.9. The van der Waals surface area contributed by atoms with Crippen molar-refractivity contribution in [2.75, 3.05) is 13.2 Å². The zero-order chi connectivity index (χ0) is 24.7. The van der Waals surface area contributed by atoms with Crippen molar-refractivity contribution in [1.29, 1.82) is 0 Å². The second kappa shape index (κ2) is 9.45. The molecule has 186 valence electrons. The summed E-state index contributed by atoms with van der Waals surface area (Å²) >= 11 is 0. The van der Waals surface area contributed by atoms with Crippen LogP contribution >= 0.6 is 15.6 Å². The van der Waals surface area contributed by atoms with Gasteiger partial charge in [0.1, 0.15) is 24.6 Å². The summed E-state index contributed by atoms with van der Waals surface area (Å²) in [7, 11) is -10.1. The van der Waals surface area contributed by atoms with Crippen LogP contribution in [0.1, 0.15) is 19.1 Å². The third-order valence-corrected chi connectivity index (χ3v) is 7.68. The Balaban J connectivity index is 1.76. The highest BCUT2D eigenvalue weighted by atomic mass is 31.3. The minimum absolute atomic E-state index is 0.0657. The highest BCUT2D eigenvalue weighted by Crippen LogP contribution is 2.60. The number of azide groups is 1. The lowest BCUT2D eigenvalue weighted by molar-refractivity contribution is -0.0539. The van der Waals surface area contributed by atoms with Crippen LogP contribution in [0.2, 0.25) is 0 Å². The van der Waals surface area contributed by atoms with Crippen molar-refractivity contribution in [2.24, 2.45) is 5.11 Å². The monoisotopic (exact) mass is 523 g/mol. The molecule has 5 rings (SSSR count). The number of phosphoric ester groups is 2. The number of aryl methyl sites for hydroxylation is 1. The molecule has 1 saturated heterocycles. The van der Waals surface area contributed by atoms with E-state index in [-0.39, 0.29) is 43.1 Å². The molecule has 2 aromatic rings. The molecule has 3 aliphatic heterocycles. The van der Waals surface area contributed by atoms with E-state index >= 15 is 0 Å². The quantitative estimate of drug-likeness (QED) is 0.169. The van der Waals surface area contributed by atoms with Crippen molar-refractivity contribution >= 4 is 32.8 Å². The number of aromatic nitrogens is 4. The summed E-state index contributed by atoms with van der Waals surface area (Å²) in [5, 5.41) is 24.1. The van der Waals surface area contributed by atoms with Crippen LogP contribution in [0.25, 0.3) is 21.6 Å². The lowest BCUT2D eigenvalue weighted by Gasteiger charge is -2.19. The van der Waals surface area contributed by atoms with E-state index in [1.807, 2.05) is 0 Å². The van der Waals surface area contributed by atoms with E-state index in [0.29, 0.717) is 0 Å². The number of ether oxygens (including phenoxy) is 1. The fourth-order valence-corrected chi connectivity index (χ4v) is 5.61. The molecule has 0 amide bonds. The van der Waals surface area contributed by atoms with Crippen molar-refractivity contribution in [3.63, 3.8) is 0 Å². The maximum absolute atomic E-state index is 13.0. The van der Waals surface area contributed by atoms with Crippen molar-refractivity contribution < 1.29 is 47.2 Å². The van der Waals surface area contributed by atoms with Crippen LogP contribution in [0.3, 0.4) is 0 Å². The van der Waals surface area contributed by atoms with Crippen molar-refractivity contribution in [3.05, 3.63) is 27.1 Å². The number of nitrogens with zero attached hydrogens (tertiary/aromatic N) is 7. The molecule has 34 heavy (non-hydrogen) atoms. The molecule has 6 atom stereocenters. The summed E-state index contributed by atoms with van der Waals surface area (Å²) < 4.78 is 45.1. The summed E-state index contributed by atoms with van der Waals surface area (Å²) in [5.74, 6) is -0.171. The Morgan fingerprint density at radius 3 is 2.65 bits per heavy atom. The molecule has 4 N–H and O–H groups in total. The fraction of sp³-hybridized carbons (Fsp3) is 0.643. The number of aliphatic hydroxyl groups is 2. The zero-order valence-electron chi connectivity index (χ0n) is 17.1. The number of hydrogen-bond donors (Lipinski definition) is 4. The predicted molar refractivity (Wildman–Crippen MR) is 108 cm³/mol. The molecule has 0 aliphatic carbocycles. The normalized spacial score (nSPS) is 35.2. The summed E-state index contributed by atoms with van der Waals surface area (Å²) in [6.45, 7) is -1.12. The molecule has 5 heterocycles. The smallest absolute Gasteiger partial charge is 0.387 e. The number of imidazole rings is 1. The molecule has 3 aliphatic rings. The van der Waals surface area contributed by atoms with Gasteiger partial charge in [0.25, 0.3) is 5.56 Å². The number of hydrogen-bond acceptors (Lipinski definition) is 12. The molecular formula is C14H19N7O11P2. The lowest BCUT2D eigenvalue weighted by Crippen LogP contribution is -2.35. The van der Waals surface area contributed by atoms with Crippen LogP contribution < -0.4 is 5.56 Å². The molecule has 0 radical (unpaired) electrons. The highest BCUT2D eigenvalue weighted by molar-refractivity contribution is 7.61. The maximum atomic E-state index is 13.0. The number of rotatable bonds is 1. The van der Waals surface area contributed by atoms with E-state index in [1.54, 1.807) is 0 Å². The van der Waals surface area contributed by atoms with Gasteiger partial charge in [0.15, 0.2) is 23.3 Å². The predicted octanol–water partition coefficient (Wildman–Crippen LogP) is 0.198. The first-order chi connectivity index (χ1) is 16.0. The molecule has 0 saturated carbocycles. The third kappa shape index (κ3) is 4.93. The van der Waals surface area contributed by atoms with Crippen LogP contribution in [0.5, 0.6) is 0 Å². The first-order valence-corrected chi connectivity index (χ1v) is 12.7. The van der Waals surface area contributed by atoms with Gasteiger partial charge in [-0.15, -0.1) is 0 Å². The molecule has 18 nitrogen and oxygen atoms in total. The fourth-order valence-electron chi connectivity index (χ4n) is 3.50. The van der Waals surface area contributed by atoms with E-state index < -0.39 is 52.4 Å². The molecule has 20 heteroatoms. The molecule has 0 aromatic carbocycles. The van der Waals surface area contributed by atoms with Crippen molar-refractivity contribution in [3.8, 4) is 0 Å². The second-order valence-electron chi connectivity index (χ2n) is 7.28. The largest absolute Gasteiger partial charge is 0.481 e.